The molecule has 0 saturated heterocycles. The third kappa shape index (κ3) is 9.42. The van der Waals surface area contributed by atoms with Crippen molar-refractivity contribution >= 4 is 11.9 Å². The highest BCUT2D eigenvalue weighted by atomic mass is 16.6. The SMILES string of the molecule is CCC(=O)OCCCOC(O)COC(C)=O. The number of aliphatic hydroxyl groups excluding tert-OH is 1. The van der Waals surface area contributed by atoms with Crippen molar-refractivity contribution in [3.05, 3.63) is 0 Å². The molecule has 0 aliphatic rings. The van der Waals surface area contributed by atoms with Gasteiger partial charge in [0, 0.05) is 19.8 Å². The zero-order valence-corrected chi connectivity index (χ0v) is 9.60. The molecule has 0 aromatic rings. The minimum Gasteiger partial charge on any atom is -0.466 e. The van der Waals surface area contributed by atoms with Crippen molar-refractivity contribution in [2.24, 2.45) is 0 Å². The highest BCUT2D eigenvalue weighted by molar-refractivity contribution is 5.68. The van der Waals surface area contributed by atoms with Gasteiger partial charge in [0.25, 0.3) is 0 Å². The summed E-state index contributed by atoms with van der Waals surface area (Å²) >= 11 is 0. The van der Waals surface area contributed by atoms with Crippen LogP contribution in [0, 0.1) is 0 Å². The van der Waals surface area contributed by atoms with Crippen LogP contribution in [0.5, 0.6) is 0 Å². The van der Waals surface area contributed by atoms with Crippen molar-refractivity contribution in [3.63, 3.8) is 0 Å². The maximum atomic E-state index is 10.7. The molecule has 1 atom stereocenters. The number of ether oxygens (including phenoxy) is 3. The summed E-state index contributed by atoms with van der Waals surface area (Å²) in [5, 5.41) is 9.15. The largest absolute Gasteiger partial charge is 0.466 e. The molecule has 0 rings (SSSR count). The normalized spacial score (nSPS) is 11.9. The van der Waals surface area contributed by atoms with E-state index >= 15 is 0 Å². The molecule has 0 spiro atoms. The lowest BCUT2D eigenvalue weighted by Crippen LogP contribution is -2.21. The lowest BCUT2D eigenvalue weighted by Gasteiger charge is -2.11. The van der Waals surface area contributed by atoms with Gasteiger partial charge in [-0.2, -0.15) is 0 Å². The first kappa shape index (κ1) is 14.9. The van der Waals surface area contributed by atoms with E-state index in [4.69, 9.17) is 14.6 Å². The highest BCUT2D eigenvalue weighted by Crippen LogP contribution is 1.93. The number of hydrogen-bond donors (Lipinski definition) is 1. The Morgan fingerprint density at radius 1 is 1.25 bits per heavy atom. The predicted octanol–water partition coefficient (Wildman–Crippen LogP) is 0.228. The number of aliphatic hydroxyl groups is 1. The summed E-state index contributed by atoms with van der Waals surface area (Å²) in [7, 11) is 0. The Hall–Kier alpha value is -1.14. The van der Waals surface area contributed by atoms with E-state index in [0.717, 1.165) is 0 Å². The van der Waals surface area contributed by atoms with Gasteiger partial charge in [-0.3, -0.25) is 9.59 Å². The Labute approximate surface area is 94.5 Å². The molecule has 1 unspecified atom stereocenters. The monoisotopic (exact) mass is 234 g/mol. The highest BCUT2D eigenvalue weighted by Gasteiger charge is 2.06. The summed E-state index contributed by atoms with van der Waals surface area (Å²) in [4.78, 5) is 21.1. The summed E-state index contributed by atoms with van der Waals surface area (Å²) in [6.07, 6.45) is -0.301. The molecule has 0 radical (unpaired) electrons. The molecule has 6 heteroatoms. The molecule has 16 heavy (non-hydrogen) atoms. The van der Waals surface area contributed by atoms with Crippen LogP contribution in [0.25, 0.3) is 0 Å². The summed E-state index contributed by atoms with van der Waals surface area (Å²) < 4.78 is 14.2. The van der Waals surface area contributed by atoms with Crippen LogP contribution < -0.4 is 0 Å². The number of esters is 2. The zero-order valence-electron chi connectivity index (χ0n) is 9.60. The van der Waals surface area contributed by atoms with Crippen LogP contribution in [0.4, 0.5) is 0 Å². The molecule has 94 valence electrons. The molecule has 1 N–H and O–H groups in total. The maximum Gasteiger partial charge on any atom is 0.305 e. The van der Waals surface area contributed by atoms with Gasteiger partial charge < -0.3 is 19.3 Å². The first-order valence-corrected chi connectivity index (χ1v) is 5.15. The predicted molar refractivity (Wildman–Crippen MR) is 54.5 cm³/mol. The summed E-state index contributed by atoms with van der Waals surface area (Å²) in [5.41, 5.74) is 0. The molecule has 6 nitrogen and oxygen atoms in total. The fourth-order valence-electron chi connectivity index (χ4n) is 0.803. The summed E-state index contributed by atoms with van der Waals surface area (Å²) in [6.45, 7) is 3.26. The second kappa shape index (κ2) is 9.11. The van der Waals surface area contributed by atoms with Gasteiger partial charge in [-0.1, -0.05) is 6.92 Å². The van der Waals surface area contributed by atoms with Crippen molar-refractivity contribution in [2.45, 2.75) is 33.0 Å². The molecular formula is C10H18O6. The Bertz CT molecular complexity index is 215. The van der Waals surface area contributed by atoms with Crippen molar-refractivity contribution < 1.29 is 28.9 Å². The standard InChI is InChI=1S/C10H18O6/c1-3-9(12)14-5-4-6-15-10(13)7-16-8(2)11/h10,13H,3-7H2,1-2H3. The Balaban J connectivity index is 3.30. The minimum atomic E-state index is -1.13. The van der Waals surface area contributed by atoms with E-state index in [1.54, 1.807) is 6.92 Å². The second-order valence-electron chi connectivity index (χ2n) is 3.06. The van der Waals surface area contributed by atoms with Gasteiger partial charge in [0.1, 0.15) is 6.61 Å². The van der Waals surface area contributed by atoms with Gasteiger partial charge in [0.05, 0.1) is 13.2 Å². The third-order valence-corrected chi connectivity index (χ3v) is 1.58. The Kier molecular flexibility index (Phi) is 8.46. The van der Waals surface area contributed by atoms with Gasteiger partial charge in [-0.15, -0.1) is 0 Å². The summed E-state index contributed by atoms with van der Waals surface area (Å²) in [5.74, 6) is -0.736. The first-order chi connectivity index (χ1) is 7.56. The average molecular weight is 234 g/mol. The van der Waals surface area contributed by atoms with Crippen molar-refractivity contribution in [1.29, 1.82) is 0 Å². The van der Waals surface area contributed by atoms with E-state index in [-0.39, 0.29) is 25.8 Å². The van der Waals surface area contributed by atoms with E-state index in [1.165, 1.54) is 6.92 Å². The lowest BCUT2D eigenvalue weighted by molar-refractivity contribution is -0.165. The van der Waals surface area contributed by atoms with E-state index in [9.17, 15) is 9.59 Å². The van der Waals surface area contributed by atoms with Gasteiger partial charge in [-0.05, 0) is 0 Å². The topological polar surface area (TPSA) is 82.1 Å². The van der Waals surface area contributed by atoms with Gasteiger partial charge in [0.2, 0.25) is 0 Å². The minimum absolute atomic E-state index is 0.190. The Morgan fingerprint density at radius 3 is 2.50 bits per heavy atom. The molecule has 0 heterocycles. The molecular weight excluding hydrogens is 216 g/mol. The van der Waals surface area contributed by atoms with Crippen molar-refractivity contribution in [3.8, 4) is 0 Å². The molecule has 0 aromatic heterocycles. The Morgan fingerprint density at radius 2 is 1.94 bits per heavy atom. The average Bonchev–Trinajstić information content (AvgIpc) is 2.25. The number of carbonyl (C=O) groups excluding carboxylic acids is 2. The van der Waals surface area contributed by atoms with Crippen LogP contribution in [0.15, 0.2) is 0 Å². The quantitative estimate of drug-likeness (QED) is 0.368. The lowest BCUT2D eigenvalue weighted by atomic mass is 10.4. The fourth-order valence-corrected chi connectivity index (χ4v) is 0.803. The van der Waals surface area contributed by atoms with E-state index < -0.39 is 12.3 Å². The van der Waals surface area contributed by atoms with Crippen LogP contribution in [0.2, 0.25) is 0 Å². The summed E-state index contributed by atoms with van der Waals surface area (Å²) in [6, 6.07) is 0. The van der Waals surface area contributed by atoms with Gasteiger partial charge in [0.15, 0.2) is 6.29 Å². The van der Waals surface area contributed by atoms with Crippen LogP contribution in [-0.4, -0.2) is 43.2 Å². The number of carbonyl (C=O) groups is 2. The van der Waals surface area contributed by atoms with Gasteiger partial charge in [-0.25, -0.2) is 0 Å². The maximum absolute atomic E-state index is 10.7. The fraction of sp³-hybridized carbons (Fsp3) is 0.800. The van der Waals surface area contributed by atoms with Crippen LogP contribution in [0.1, 0.15) is 26.7 Å². The van der Waals surface area contributed by atoms with E-state index in [0.29, 0.717) is 12.8 Å². The van der Waals surface area contributed by atoms with Gasteiger partial charge >= 0.3 is 11.9 Å². The van der Waals surface area contributed by atoms with E-state index in [2.05, 4.69) is 4.74 Å². The van der Waals surface area contributed by atoms with Crippen LogP contribution >= 0.6 is 0 Å². The molecule has 0 aromatic carbocycles. The third-order valence-electron chi connectivity index (χ3n) is 1.58. The van der Waals surface area contributed by atoms with Crippen LogP contribution in [0.3, 0.4) is 0 Å². The van der Waals surface area contributed by atoms with E-state index in [1.807, 2.05) is 0 Å². The molecule has 0 amide bonds. The molecule has 0 saturated carbocycles. The molecule has 0 fully saturated rings. The molecule has 0 aliphatic heterocycles. The van der Waals surface area contributed by atoms with Crippen LogP contribution in [-0.2, 0) is 23.8 Å². The number of hydrogen-bond acceptors (Lipinski definition) is 6. The molecule has 0 aliphatic carbocycles. The number of rotatable bonds is 8. The first-order valence-electron chi connectivity index (χ1n) is 5.15. The molecule has 0 bridgehead atoms. The van der Waals surface area contributed by atoms with Crippen molar-refractivity contribution in [1.82, 2.24) is 0 Å². The zero-order chi connectivity index (χ0) is 12.4. The smallest absolute Gasteiger partial charge is 0.305 e. The second-order valence-corrected chi connectivity index (χ2v) is 3.06. The van der Waals surface area contributed by atoms with Crippen molar-refractivity contribution in [2.75, 3.05) is 19.8 Å².